The van der Waals surface area contributed by atoms with Gasteiger partial charge >= 0.3 is 5.97 Å². The van der Waals surface area contributed by atoms with Crippen LogP contribution in [0, 0.1) is 11.3 Å². The summed E-state index contributed by atoms with van der Waals surface area (Å²) in [5, 5.41) is 8.72. The number of rotatable bonds is 3. The number of esters is 1. The standard InChI is InChI=1S/C13H9NO3/c14-8-10-3-1-4-11(7-10)9-17-13(15)12-5-2-6-16-12/h1-7H,9H2. The number of carbonyl (C=O) groups is 1. The van der Waals surface area contributed by atoms with Crippen molar-refractivity contribution in [1.82, 2.24) is 0 Å². The van der Waals surface area contributed by atoms with E-state index in [4.69, 9.17) is 14.4 Å². The first kappa shape index (κ1) is 11.0. The van der Waals surface area contributed by atoms with Gasteiger partial charge in [0.2, 0.25) is 5.76 Å². The lowest BCUT2D eigenvalue weighted by Crippen LogP contribution is -2.03. The van der Waals surface area contributed by atoms with Crippen LogP contribution in [0.15, 0.2) is 47.1 Å². The predicted molar refractivity (Wildman–Crippen MR) is 59.0 cm³/mol. The summed E-state index contributed by atoms with van der Waals surface area (Å²) in [4.78, 5) is 11.5. The topological polar surface area (TPSA) is 63.2 Å². The van der Waals surface area contributed by atoms with Crippen LogP contribution in [0.3, 0.4) is 0 Å². The van der Waals surface area contributed by atoms with Crippen molar-refractivity contribution < 1.29 is 13.9 Å². The Kier molecular flexibility index (Phi) is 3.22. The number of nitriles is 1. The molecule has 0 radical (unpaired) electrons. The molecule has 0 aliphatic carbocycles. The second kappa shape index (κ2) is 4.99. The number of nitrogens with zero attached hydrogens (tertiary/aromatic N) is 1. The van der Waals surface area contributed by atoms with Crippen molar-refractivity contribution in [2.45, 2.75) is 6.61 Å². The third kappa shape index (κ3) is 2.73. The second-order valence-electron chi connectivity index (χ2n) is 3.37. The Hall–Kier alpha value is -2.54. The normalized spacial score (nSPS) is 9.59. The summed E-state index contributed by atoms with van der Waals surface area (Å²) in [5.74, 6) is -0.348. The van der Waals surface area contributed by atoms with Crippen molar-refractivity contribution in [1.29, 1.82) is 5.26 Å². The van der Waals surface area contributed by atoms with Crippen LogP contribution in [0.1, 0.15) is 21.7 Å². The Morgan fingerprint density at radius 3 is 2.94 bits per heavy atom. The van der Waals surface area contributed by atoms with Crippen molar-refractivity contribution in [2.75, 3.05) is 0 Å². The Bertz CT molecular complexity index is 552. The first-order valence-corrected chi connectivity index (χ1v) is 4.99. The molecule has 4 heteroatoms. The molecule has 0 aliphatic rings. The average molecular weight is 227 g/mol. The van der Waals surface area contributed by atoms with E-state index < -0.39 is 5.97 Å². The molecule has 1 aromatic heterocycles. The van der Waals surface area contributed by atoms with Gasteiger partial charge in [0, 0.05) is 0 Å². The van der Waals surface area contributed by atoms with Gasteiger partial charge in [-0.3, -0.25) is 0 Å². The van der Waals surface area contributed by atoms with Crippen LogP contribution in [0.25, 0.3) is 0 Å². The van der Waals surface area contributed by atoms with Gasteiger partial charge in [-0.2, -0.15) is 5.26 Å². The van der Waals surface area contributed by atoms with Crippen molar-refractivity contribution >= 4 is 5.97 Å². The van der Waals surface area contributed by atoms with Crippen LogP contribution < -0.4 is 0 Å². The molecule has 0 atom stereocenters. The number of carbonyl (C=O) groups excluding carboxylic acids is 1. The molecule has 0 bridgehead atoms. The molecule has 0 spiro atoms. The van der Waals surface area contributed by atoms with E-state index in [1.54, 1.807) is 30.3 Å². The van der Waals surface area contributed by atoms with E-state index in [9.17, 15) is 4.79 Å². The highest BCUT2D eigenvalue weighted by Gasteiger charge is 2.09. The van der Waals surface area contributed by atoms with Gasteiger partial charge in [-0.1, -0.05) is 12.1 Å². The van der Waals surface area contributed by atoms with E-state index in [0.29, 0.717) is 5.56 Å². The molecule has 4 nitrogen and oxygen atoms in total. The molecule has 0 saturated heterocycles. The van der Waals surface area contributed by atoms with Gasteiger partial charge in [0.1, 0.15) is 6.61 Å². The Morgan fingerprint density at radius 2 is 2.24 bits per heavy atom. The second-order valence-corrected chi connectivity index (χ2v) is 3.37. The number of benzene rings is 1. The van der Waals surface area contributed by atoms with Gasteiger partial charge in [-0.25, -0.2) is 4.79 Å². The Morgan fingerprint density at radius 1 is 1.35 bits per heavy atom. The smallest absolute Gasteiger partial charge is 0.374 e. The number of ether oxygens (including phenoxy) is 1. The first-order chi connectivity index (χ1) is 8.29. The lowest BCUT2D eigenvalue weighted by Gasteiger charge is -2.03. The molecule has 2 aromatic rings. The average Bonchev–Trinajstić information content (AvgIpc) is 2.90. The third-order valence-corrected chi connectivity index (χ3v) is 2.15. The zero-order chi connectivity index (χ0) is 12.1. The van der Waals surface area contributed by atoms with E-state index >= 15 is 0 Å². The van der Waals surface area contributed by atoms with E-state index in [-0.39, 0.29) is 12.4 Å². The molecule has 17 heavy (non-hydrogen) atoms. The molecule has 0 fully saturated rings. The quantitative estimate of drug-likeness (QED) is 0.756. The Labute approximate surface area is 98.0 Å². The highest BCUT2D eigenvalue weighted by atomic mass is 16.5. The lowest BCUT2D eigenvalue weighted by atomic mass is 10.1. The SMILES string of the molecule is N#Cc1cccc(COC(=O)c2ccco2)c1. The van der Waals surface area contributed by atoms with Gasteiger partial charge < -0.3 is 9.15 Å². The van der Waals surface area contributed by atoms with Crippen LogP contribution in [0.4, 0.5) is 0 Å². The highest BCUT2D eigenvalue weighted by molar-refractivity contribution is 5.86. The summed E-state index contributed by atoms with van der Waals surface area (Å²) < 4.78 is 9.93. The van der Waals surface area contributed by atoms with Crippen LogP contribution >= 0.6 is 0 Å². The summed E-state index contributed by atoms with van der Waals surface area (Å²) in [5.41, 5.74) is 1.31. The van der Waals surface area contributed by atoms with E-state index in [2.05, 4.69) is 0 Å². The minimum absolute atomic E-state index is 0.120. The maximum absolute atomic E-state index is 11.5. The minimum Gasteiger partial charge on any atom is -0.457 e. The van der Waals surface area contributed by atoms with Crippen molar-refractivity contribution in [3.05, 3.63) is 59.5 Å². The lowest BCUT2D eigenvalue weighted by molar-refractivity contribution is 0.0436. The molecule has 2 rings (SSSR count). The molecule has 0 aliphatic heterocycles. The van der Waals surface area contributed by atoms with Crippen LogP contribution in [-0.2, 0) is 11.3 Å². The Balaban J connectivity index is 1.98. The first-order valence-electron chi connectivity index (χ1n) is 4.99. The molecule has 0 unspecified atom stereocenters. The number of hydrogen-bond donors (Lipinski definition) is 0. The summed E-state index contributed by atoms with van der Waals surface area (Å²) in [6.07, 6.45) is 1.41. The molecule has 1 aromatic carbocycles. The molecular formula is C13H9NO3. The summed E-state index contributed by atoms with van der Waals surface area (Å²) in [7, 11) is 0. The van der Waals surface area contributed by atoms with Crippen LogP contribution in [0.5, 0.6) is 0 Å². The fourth-order valence-electron chi connectivity index (χ4n) is 1.35. The van der Waals surface area contributed by atoms with Crippen molar-refractivity contribution in [2.24, 2.45) is 0 Å². The maximum Gasteiger partial charge on any atom is 0.374 e. The highest BCUT2D eigenvalue weighted by Crippen LogP contribution is 2.08. The van der Waals surface area contributed by atoms with Gasteiger partial charge in [-0.15, -0.1) is 0 Å². The van der Waals surface area contributed by atoms with Gasteiger partial charge in [0.25, 0.3) is 0 Å². The van der Waals surface area contributed by atoms with Gasteiger partial charge in [0.15, 0.2) is 0 Å². The number of furan rings is 1. The fourth-order valence-corrected chi connectivity index (χ4v) is 1.35. The van der Waals surface area contributed by atoms with Crippen molar-refractivity contribution in [3.63, 3.8) is 0 Å². The van der Waals surface area contributed by atoms with Gasteiger partial charge in [0.05, 0.1) is 17.9 Å². The zero-order valence-corrected chi connectivity index (χ0v) is 8.92. The zero-order valence-electron chi connectivity index (χ0n) is 8.92. The molecular weight excluding hydrogens is 218 g/mol. The molecule has 0 N–H and O–H groups in total. The van der Waals surface area contributed by atoms with Crippen LogP contribution in [-0.4, -0.2) is 5.97 Å². The molecule has 1 heterocycles. The van der Waals surface area contributed by atoms with Crippen molar-refractivity contribution in [3.8, 4) is 6.07 Å². The number of hydrogen-bond acceptors (Lipinski definition) is 4. The summed E-state index contributed by atoms with van der Waals surface area (Å²) >= 11 is 0. The maximum atomic E-state index is 11.5. The third-order valence-electron chi connectivity index (χ3n) is 2.15. The van der Waals surface area contributed by atoms with E-state index in [1.165, 1.54) is 12.3 Å². The minimum atomic E-state index is -0.516. The van der Waals surface area contributed by atoms with Gasteiger partial charge in [-0.05, 0) is 29.8 Å². The van der Waals surface area contributed by atoms with E-state index in [1.807, 2.05) is 6.07 Å². The largest absolute Gasteiger partial charge is 0.457 e. The molecule has 0 amide bonds. The van der Waals surface area contributed by atoms with Crippen LogP contribution in [0.2, 0.25) is 0 Å². The van der Waals surface area contributed by atoms with E-state index in [0.717, 1.165) is 5.56 Å². The molecule has 84 valence electrons. The summed E-state index contributed by atoms with van der Waals surface area (Å²) in [6, 6.07) is 12.1. The monoisotopic (exact) mass is 227 g/mol. The summed E-state index contributed by atoms with van der Waals surface area (Å²) in [6.45, 7) is 0.120. The molecule has 0 saturated carbocycles. The fraction of sp³-hybridized carbons (Fsp3) is 0.0769. The predicted octanol–water partition coefficient (Wildman–Crippen LogP) is 2.51.